The minimum absolute atomic E-state index is 0.304. The standard InChI is InChI=1S/C17H16BrN3O5S/c1-21(2,27(22,23)24)12-6-4-11(5-7-12)16-19-17(26-20-16)14-10-13(25-3)8-9-15(14)18/h4-10H,1-3H3. The fourth-order valence-electron chi connectivity index (χ4n) is 2.34. The zero-order valence-electron chi connectivity index (χ0n) is 14.7. The van der Waals surface area contributed by atoms with E-state index in [1.54, 1.807) is 43.5 Å². The van der Waals surface area contributed by atoms with Gasteiger partial charge in [0, 0.05) is 22.2 Å². The average Bonchev–Trinajstić information content (AvgIpc) is 3.11. The minimum Gasteiger partial charge on any atom is -0.701 e. The fourth-order valence-corrected chi connectivity index (χ4v) is 3.14. The summed E-state index contributed by atoms with van der Waals surface area (Å²) in [4.78, 5) is 4.38. The van der Waals surface area contributed by atoms with E-state index >= 15 is 0 Å². The minimum atomic E-state index is -4.56. The summed E-state index contributed by atoms with van der Waals surface area (Å²) < 4.78 is 44.8. The first-order valence-electron chi connectivity index (χ1n) is 7.72. The Bertz CT molecular complexity index is 1080. The van der Waals surface area contributed by atoms with E-state index in [2.05, 4.69) is 26.1 Å². The maximum absolute atomic E-state index is 11.4. The number of benzene rings is 2. The van der Waals surface area contributed by atoms with E-state index in [0.29, 0.717) is 34.3 Å². The molecule has 0 amide bonds. The van der Waals surface area contributed by atoms with Crippen molar-refractivity contribution in [2.24, 2.45) is 0 Å². The highest BCUT2D eigenvalue weighted by molar-refractivity contribution is 9.10. The normalized spacial score (nSPS) is 12.2. The molecule has 1 aromatic heterocycles. The lowest BCUT2D eigenvalue weighted by atomic mass is 10.2. The van der Waals surface area contributed by atoms with Crippen LogP contribution in [0.2, 0.25) is 0 Å². The largest absolute Gasteiger partial charge is 0.701 e. The Morgan fingerprint density at radius 2 is 1.81 bits per heavy atom. The molecule has 0 spiro atoms. The predicted molar refractivity (Wildman–Crippen MR) is 103 cm³/mol. The van der Waals surface area contributed by atoms with Crippen molar-refractivity contribution in [3.05, 3.63) is 46.9 Å². The number of halogens is 1. The smallest absolute Gasteiger partial charge is 0.259 e. The van der Waals surface area contributed by atoms with E-state index in [9.17, 15) is 13.0 Å². The third-order valence-corrected chi connectivity index (χ3v) is 6.16. The van der Waals surface area contributed by atoms with Crippen LogP contribution in [-0.2, 0) is 10.3 Å². The molecular weight excluding hydrogens is 438 g/mol. The van der Waals surface area contributed by atoms with Crippen LogP contribution in [-0.4, -0.2) is 44.3 Å². The van der Waals surface area contributed by atoms with Crippen molar-refractivity contribution in [1.29, 1.82) is 0 Å². The molecule has 0 saturated heterocycles. The second-order valence-corrected chi connectivity index (χ2v) is 8.72. The van der Waals surface area contributed by atoms with Crippen molar-refractivity contribution in [2.45, 2.75) is 0 Å². The Labute approximate surface area is 165 Å². The van der Waals surface area contributed by atoms with Crippen molar-refractivity contribution in [1.82, 2.24) is 14.0 Å². The van der Waals surface area contributed by atoms with Gasteiger partial charge in [0.25, 0.3) is 16.2 Å². The highest BCUT2D eigenvalue weighted by Gasteiger charge is 2.27. The second kappa shape index (κ2) is 7.04. The lowest BCUT2D eigenvalue weighted by molar-refractivity contribution is 0.397. The van der Waals surface area contributed by atoms with Crippen molar-refractivity contribution in [3.8, 4) is 28.6 Å². The molecule has 0 unspecified atom stereocenters. The molecule has 0 aliphatic carbocycles. The molecule has 3 rings (SSSR count). The summed E-state index contributed by atoms with van der Waals surface area (Å²) in [5.41, 5.74) is 1.63. The third-order valence-electron chi connectivity index (χ3n) is 4.14. The van der Waals surface area contributed by atoms with Crippen LogP contribution < -0.4 is 8.63 Å². The molecule has 27 heavy (non-hydrogen) atoms. The Morgan fingerprint density at radius 3 is 2.41 bits per heavy atom. The Kier molecular flexibility index (Phi) is 5.08. The van der Waals surface area contributed by atoms with Gasteiger partial charge < -0.3 is 13.8 Å². The van der Waals surface area contributed by atoms with Gasteiger partial charge in [-0.1, -0.05) is 5.16 Å². The summed E-state index contributed by atoms with van der Waals surface area (Å²) in [7, 11) is -0.371. The van der Waals surface area contributed by atoms with Gasteiger partial charge in [0.05, 0.1) is 26.8 Å². The molecule has 1 heterocycles. The molecule has 10 heteroatoms. The molecule has 0 aliphatic rings. The van der Waals surface area contributed by atoms with Crippen molar-refractivity contribution in [2.75, 3.05) is 21.2 Å². The number of hydrogen-bond acceptors (Lipinski definition) is 7. The predicted octanol–water partition coefficient (Wildman–Crippen LogP) is 3.20. The zero-order chi connectivity index (χ0) is 19.8. The van der Waals surface area contributed by atoms with Gasteiger partial charge in [-0.05, 0) is 46.3 Å². The van der Waals surface area contributed by atoms with Gasteiger partial charge in [0.1, 0.15) is 11.4 Å². The van der Waals surface area contributed by atoms with Gasteiger partial charge in [0.15, 0.2) is 0 Å². The number of methoxy groups -OCH3 is 1. The van der Waals surface area contributed by atoms with Crippen LogP contribution in [0.1, 0.15) is 0 Å². The number of quaternary nitrogens is 1. The molecule has 142 valence electrons. The Morgan fingerprint density at radius 1 is 1.15 bits per heavy atom. The fraction of sp³-hybridized carbons (Fsp3) is 0.176. The number of ether oxygens (including phenoxy) is 1. The van der Waals surface area contributed by atoms with E-state index in [-0.39, 0.29) is 0 Å². The van der Waals surface area contributed by atoms with Crippen molar-refractivity contribution >= 4 is 31.9 Å². The molecule has 0 radical (unpaired) electrons. The molecule has 0 bridgehead atoms. The first-order valence-corrected chi connectivity index (χ1v) is 9.88. The first-order chi connectivity index (χ1) is 12.6. The molecule has 8 nitrogen and oxygen atoms in total. The van der Waals surface area contributed by atoms with Crippen LogP contribution in [0.5, 0.6) is 5.75 Å². The number of aromatic nitrogens is 2. The van der Waals surface area contributed by atoms with E-state index in [0.717, 1.165) is 4.47 Å². The average molecular weight is 454 g/mol. The van der Waals surface area contributed by atoms with Gasteiger partial charge in [-0.25, -0.2) is 3.89 Å². The van der Waals surface area contributed by atoms with Crippen LogP contribution in [0.25, 0.3) is 22.8 Å². The summed E-state index contributed by atoms with van der Waals surface area (Å²) in [5.74, 6) is 1.29. The number of rotatable bonds is 5. The Hall–Kier alpha value is -2.27. The summed E-state index contributed by atoms with van der Waals surface area (Å²) in [5, 5.41) is 3.97. The lowest BCUT2D eigenvalue weighted by Gasteiger charge is -2.30. The summed E-state index contributed by atoms with van der Waals surface area (Å²) in [6.07, 6.45) is 0. The molecule has 0 N–H and O–H groups in total. The van der Waals surface area contributed by atoms with E-state index in [1.807, 2.05) is 6.07 Å². The molecule has 0 fully saturated rings. The highest BCUT2D eigenvalue weighted by atomic mass is 79.9. The van der Waals surface area contributed by atoms with E-state index in [4.69, 9.17) is 9.26 Å². The molecule has 2 aromatic carbocycles. The molecular formula is C17H16BrN3O5S. The summed E-state index contributed by atoms with van der Waals surface area (Å²) in [6.45, 7) is 0. The zero-order valence-corrected chi connectivity index (χ0v) is 17.1. The van der Waals surface area contributed by atoms with Crippen LogP contribution in [0.4, 0.5) is 5.69 Å². The summed E-state index contributed by atoms with van der Waals surface area (Å²) >= 11 is 3.44. The number of nitrogens with zero attached hydrogens (tertiary/aromatic N) is 3. The first kappa shape index (κ1) is 19.5. The second-order valence-electron chi connectivity index (χ2n) is 6.09. The molecule has 0 saturated carbocycles. The van der Waals surface area contributed by atoms with Crippen LogP contribution in [0.15, 0.2) is 51.5 Å². The van der Waals surface area contributed by atoms with E-state index in [1.165, 1.54) is 14.1 Å². The Balaban J connectivity index is 1.94. The quantitative estimate of drug-likeness (QED) is 0.431. The maximum Gasteiger partial charge on any atom is 0.259 e. The van der Waals surface area contributed by atoms with Gasteiger partial charge >= 0.3 is 0 Å². The SMILES string of the molecule is COc1ccc(Br)c(-c2nc(-c3ccc([N+](C)(C)S(=O)(=O)[O-])cc3)no2)c1. The highest BCUT2D eigenvalue weighted by Crippen LogP contribution is 2.32. The van der Waals surface area contributed by atoms with Crippen molar-refractivity contribution < 1.29 is 22.2 Å². The van der Waals surface area contributed by atoms with Crippen LogP contribution in [0, 0.1) is 0 Å². The topological polar surface area (TPSA) is 105 Å². The molecule has 3 aromatic rings. The third kappa shape index (κ3) is 3.74. The van der Waals surface area contributed by atoms with Gasteiger partial charge in [-0.2, -0.15) is 13.4 Å². The van der Waals surface area contributed by atoms with Crippen LogP contribution >= 0.6 is 15.9 Å². The molecule has 0 aliphatic heterocycles. The van der Waals surface area contributed by atoms with Gasteiger partial charge in [-0.3, -0.25) is 0 Å². The van der Waals surface area contributed by atoms with Crippen LogP contribution in [0.3, 0.4) is 0 Å². The maximum atomic E-state index is 11.4. The van der Waals surface area contributed by atoms with Gasteiger partial charge in [-0.15, -0.1) is 0 Å². The number of hydrogen-bond donors (Lipinski definition) is 0. The lowest BCUT2D eigenvalue weighted by Crippen LogP contribution is -2.46. The molecule has 0 atom stereocenters. The van der Waals surface area contributed by atoms with E-state index < -0.39 is 14.2 Å². The van der Waals surface area contributed by atoms with Gasteiger partial charge in [0.2, 0.25) is 5.82 Å². The monoisotopic (exact) mass is 453 g/mol. The van der Waals surface area contributed by atoms with Crippen molar-refractivity contribution in [3.63, 3.8) is 0 Å². The summed E-state index contributed by atoms with van der Waals surface area (Å²) in [6, 6.07) is 11.7.